The zero-order valence-corrected chi connectivity index (χ0v) is 14.2. The number of carbonyl (C=O) groups excluding carboxylic acids is 1. The Balaban J connectivity index is 3.00. The van der Waals surface area contributed by atoms with Crippen LogP contribution < -0.4 is 0 Å². The molecule has 1 rings (SSSR count). The Morgan fingerprint density at radius 2 is 2.05 bits per heavy atom. The summed E-state index contributed by atoms with van der Waals surface area (Å²) in [5.74, 6) is 0.447. The first kappa shape index (κ1) is 17.1. The number of aryl methyl sites for hydroxylation is 1. The highest BCUT2D eigenvalue weighted by Crippen LogP contribution is 2.23. The van der Waals surface area contributed by atoms with Crippen molar-refractivity contribution in [1.82, 2.24) is 9.88 Å². The fraction of sp³-hybridized carbons (Fsp3) is 0.733. The molecule has 0 saturated carbocycles. The highest BCUT2D eigenvalue weighted by atomic mass is 32.1. The predicted octanol–water partition coefficient (Wildman–Crippen LogP) is 2.88. The molecule has 5 heteroatoms. The summed E-state index contributed by atoms with van der Waals surface area (Å²) in [6.45, 7) is 12.5. The van der Waals surface area contributed by atoms with Crippen LogP contribution in [-0.2, 0) is 6.42 Å². The van der Waals surface area contributed by atoms with Crippen molar-refractivity contribution >= 4 is 17.2 Å². The second-order valence-corrected chi connectivity index (χ2v) is 7.44. The third-order valence-electron chi connectivity index (χ3n) is 2.85. The standard InChI is InChI=1S/C15H26N2O2S/c1-7-17(9-15(5,6)19)14(18)13-12(8-10(2)3)16-11(4)20-13/h10,19H,7-9H2,1-6H3. The lowest BCUT2D eigenvalue weighted by Gasteiger charge is -2.28. The van der Waals surface area contributed by atoms with Gasteiger partial charge in [0.15, 0.2) is 0 Å². The average molecular weight is 298 g/mol. The minimum Gasteiger partial charge on any atom is -0.389 e. The normalized spacial score (nSPS) is 12.0. The fourth-order valence-corrected chi connectivity index (χ4v) is 3.01. The van der Waals surface area contributed by atoms with Crippen LogP contribution in [0.4, 0.5) is 0 Å². The van der Waals surface area contributed by atoms with E-state index in [0.717, 1.165) is 22.0 Å². The number of likely N-dealkylation sites (N-methyl/N-ethyl adjacent to an activating group) is 1. The summed E-state index contributed by atoms with van der Waals surface area (Å²) >= 11 is 1.45. The molecule has 4 nitrogen and oxygen atoms in total. The van der Waals surface area contributed by atoms with Crippen molar-refractivity contribution < 1.29 is 9.90 Å². The van der Waals surface area contributed by atoms with Crippen LogP contribution in [0.5, 0.6) is 0 Å². The van der Waals surface area contributed by atoms with Crippen molar-refractivity contribution in [2.45, 2.75) is 53.6 Å². The van der Waals surface area contributed by atoms with Crippen LogP contribution in [0.1, 0.15) is 55.0 Å². The first-order valence-electron chi connectivity index (χ1n) is 7.12. The van der Waals surface area contributed by atoms with Crippen molar-refractivity contribution in [3.8, 4) is 0 Å². The highest BCUT2D eigenvalue weighted by Gasteiger charge is 2.26. The minimum atomic E-state index is -0.885. The minimum absolute atomic E-state index is 0.0177. The number of hydrogen-bond acceptors (Lipinski definition) is 4. The summed E-state index contributed by atoms with van der Waals surface area (Å²) in [5, 5.41) is 10.8. The first-order valence-corrected chi connectivity index (χ1v) is 7.93. The van der Waals surface area contributed by atoms with Gasteiger partial charge in [-0.25, -0.2) is 4.98 Å². The molecule has 20 heavy (non-hydrogen) atoms. The monoisotopic (exact) mass is 298 g/mol. The molecule has 0 aromatic carbocycles. The number of hydrogen-bond donors (Lipinski definition) is 1. The Morgan fingerprint density at radius 1 is 1.45 bits per heavy atom. The summed E-state index contributed by atoms with van der Waals surface area (Å²) in [7, 11) is 0. The number of aliphatic hydroxyl groups is 1. The molecule has 0 fully saturated rings. The van der Waals surface area contributed by atoms with Crippen LogP contribution in [0, 0.1) is 12.8 Å². The number of nitrogens with zero attached hydrogens (tertiary/aromatic N) is 2. The first-order chi connectivity index (χ1) is 9.14. The van der Waals surface area contributed by atoms with Crippen molar-refractivity contribution in [3.63, 3.8) is 0 Å². The Labute approximate surface area is 125 Å². The van der Waals surface area contributed by atoms with Gasteiger partial charge in [0.2, 0.25) is 0 Å². The topological polar surface area (TPSA) is 53.4 Å². The van der Waals surface area contributed by atoms with E-state index in [-0.39, 0.29) is 5.91 Å². The molecule has 0 bridgehead atoms. The van der Waals surface area contributed by atoms with Gasteiger partial charge < -0.3 is 10.0 Å². The quantitative estimate of drug-likeness (QED) is 0.878. The van der Waals surface area contributed by atoms with Gasteiger partial charge in [-0.1, -0.05) is 13.8 Å². The van der Waals surface area contributed by atoms with Crippen molar-refractivity contribution in [2.75, 3.05) is 13.1 Å². The maximum absolute atomic E-state index is 12.7. The average Bonchev–Trinajstić information content (AvgIpc) is 2.64. The fourth-order valence-electron chi connectivity index (χ4n) is 2.10. The van der Waals surface area contributed by atoms with E-state index in [1.807, 2.05) is 13.8 Å². The smallest absolute Gasteiger partial charge is 0.265 e. The summed E-state index contributed by atoms with van der Waals surface area (Å²) in [6.07, 6.45) is 0.811. The van der Waals surface area contributed by atoms with E-state index >= 15 is 0 Å². The largest absolute Gasteiger partial charge is 0.389 e. The lowest BCUT2D eigenvalue weighted by Crippen LogP contribution is -2.42. The molecule has 1 aromatic heterocycles. The summed E-state index contributed by atoms with van der Waals surface area (Å²) in [4.78, 5) is 19.6. The second kappa shape index (κ2) is 6.68. The maximum Gasteiger partial charge on any atom is 0.265 e. The predicted molar refractivity (Wildman–Crippen MR) is 83.3 cm³/mol. The third-order valence-corrected chi connectivity index (χ3v) is 3.85. The Kier molecular flexibility index (Phi) is 5.71. The van der Waals surface area contributed by atoms with Gasteiger partial charge in [0.05, 0.1) is 16.3 Å². The van der Waals surface area contributed by atoms with E-state index < -0.39 is 5.60 Å². The summed E-state index contributed by atoms with van der Waals surface area (Å²) in [6, 6.07) is 0. The van der Waals surface area contributed by atoms with Crippen LogP contribution in [0.2, 0.25) is 0 Å². The van der Waals surface area contributed by atoms with Gasteiger partial charge >= 0.3 is 0 Å². The third kappa shape index (κ3) is 4.87. The van der Waals surface area contributed by atoms with Crippen LogP contribution in [0.25, 0.3) is 0 Å². The molecule has 1 N–H and O–H groups in total. The number of carbonyl (C=O) groups is 1. The van der Waals surface area contributed by atoms with Crippen molar-refractivity contribution in [1.29, 1.82) is 0 Å². The van der Waals surface area contributed by atoms with Gasteiger partial charge in [-0.15, -0.1) is 11.3 Å². The molecule has 0 aliphatic carbocycles. The number of thiazole rings is 1. The summed E-state index contributed by atoms with van der Waals surface area (Å²) < 4.78 is 0. The van der Waals surface area contributed by atoms with Gasteiger partial charge in [0.25, 0.3) is 5.91 Å². The van der Waals surface area contributed by atoms with E-state index in [9.17, 15) is 9.90 Å². The number of aromatic nitrogens is 1. The zero-order valence-electron chi connectivity index (χ0n) is 13.4. The molecule has 0 unspecified atom stereocenters. The molecular weight excluding hydrogens is 272 g/mol. The van der Waals surface area contributed by atoms with E-state index in [1.165, 1.54) is 11.3 Å². The maximum atomic E-state index is 12.7. The van der Waals surface area contributed by atoms with Gasteiger partial charge in [-0.3, -0.25) is 4.79 Å². The molecule has 114 valence electrons. The van der Waals surface area contributed by atoms with Crippen LogP contribution in [-0.4, -0.2) is 39.6 Å². The lowest BCUT2D eigenvalue weighted by atomic mass is 10.1. The Morgan fingerprint density at radius 3 is 2.50 bits per heavy atom. The molecule has 0 aliphatic rings. The molecule has 0 spiro atoms. The van der Waals surface area contributed by atoms with Gasteiger partial charge in [-0.05, 0) is 40.0 Å². The molecule has 1 aromatic rings. The van der Waals surface area contributed by atoms with E-state index in [2.05, 4.69) is 18.8 Å². The van der Waals surface area contributed by atoms with Crippen molar-refractivity contribution in [2.24, 2.45) is 5.92 Å². The SMILES string of the molecule is CCN(CC(C)(C)O)C(=O)c1sc(C)nc1CC(C)C. The zero-order chi connectivity index (χ0) is 15.5. The van der Waals surface area contributed by atoms with Gasteiger partial charge in [-0.2, -0.15) is 0 Å². The van der Waals surface area contributed by atoms with Gasteiger partial charge in [0.1, 0.15) is 4.88 Å². The second-order valence-electron chi connectivity index (χ2n) is 6.24. The van der Waals surface area contributed by atoms with Crippen LogP contribution in [0.15, 0.2) is 0 Å². The van der Waals surface area contributed by atoms with Crippen molar-refractivity contribution in [3.05, 3.63) is 15.6 Å². The molecule has 0 radical (unpaired) electrons. The van der Waals surface area contributed by atoms with E-state index in [0.29, 0.717) is 19.0 Å². The lowest BCUT2D eigenvalue weighted by molar-refractivity contribution is 0.0316. The molecular formula is C15H26N2O2S. The highest BCUT2D eigenvalue weighted by molar-refractivity contribution is 7.13. The van der Waals surface area contributed by atoms with Gasteiger partial charge in [0, 0.05) is 13.1 Å². The summed E-state index contributed by atoms with van der Waals surface area (Å²) in [5.41, 5.74) is 0.00516. The molecule has 1 heterocycles. The molecule has 0 saturated heterocycles. The van der Waals surface area contributed by atoms with E-state index in [1.54, 1.807) is 18.7 Å². The van der Waals surface area contributed by atoms with Crippen LogP contribution >= 0.6 is 11.3 Å². The Hall–Kier alpha value is -0.940. The molecule has 0 atom stereocenters. The number of amides is 1. The van der Waals surface area contributed by atoms with Crippen LogP contribution in [0.3, 0.4) is 0 Å². The molecule has 1 amide bonds. The number of rotatable bonds is 6. The molecule has 0 aliphatic heterocycles. The van der Waals surface area contributed by atoms with E-state index in [4.69, 9.17) is 0 Å². The Bertz CT molecular complexity index is 461.